The number of oxazole rings is 2. The molecular weight excluding hydrogens is 350 g/mol. The fourth-order valence-corrected chi connectivity index (χ4v) is 3.52. The van der Waals surface area contributed by atoms with E-state index in [0.717, 1.165) is 61.1 Å². The summed E-state index contributed by atoms with van der Waals surface area (Å²) in [4.78, 5) is 11.5. The average molecular weight is 374 g/mol. The summed E-state index contributed by atoms with van der Waals surface area (Å²) in [5.74, 6) is 2.91. The first-order valence-electron chi connectivity index (χ1n) is 9.12. The van der Waals surface area contributed by atoms with E-state index in [-0.39, 0.29) is 5.41 Å². The molecule has 3 aromatic rings. The Kier molecular flexibility index (Phi) is 4.53. The maximum absolute atomic E-state index is 6.04. The zero-order valence-electron chi connectivity index (χ0n) is 15.5. The van der Waals surface area contributed by atoms with Crippen molar-refractivity contribution in [3.63, 3.8) is 0 Å². The van der Waals surface area contributed by atoms with Crippen molar-refractivity contribution in [1.29, 1.82) is 0 Å². The molecule has 0 spiro atoms. The Bertz CT molecular complexity index is 901. The van der Waals surface area contributed by atoms with Crippen LogP contribution in [0.3, 0.4) is 0 Å². The van der Waals surface area contributed by atoms with Crippen molar-refractivity contribution >= 4 is 22.7 Å². The number of nitrogens with zero attached hydrogens (tertiary/aromatic N) is 3. The summed E-state index contributed by atoms with van der Waals surface area (Å²) in [7, 11) is 0. The van der Waals surface area contributed by atoms with Crippen LogP contribution in [0, 0.1) is 0 Å². The quantitative estimate of drug-likeness (QED) is 0.635. The minimum Gasteiger partial charge on any atom is -0.444 e. The van der Waals surface area contributed by atoms with Gasteiger partial charge in [0.2, 0.25) is 5.89 Å². The Hall–Kier alpha value is -1.85. The number of rotatable bonds is 3. The Morgan fingerprint density at radius 3 is 2.65 bits per heavy atom. The highest BCUT2D eigenvalue weighted by molar-refractivity contribution is 6.31. The summed E-state index contributed by atoms with van der Waals surface area (Å²) in [5, 5.41) is 0.688. The van der Waals surface area contributed by atoms with Gasteiger partial charge in [0.05, 0.1) is 12.7 Å². The highest BCUT2D eigenvalue weighted by atomic mass is 35.5. The van der Waals surface area contributed by atoms with Gasteiger partial charge in [-0.3, -0.25) is 4.90 Å². The lowest BCUT2D eigenvalue weighted by atomic mass is 9.94. The van der Waals surface area contributed by atoms with E-state index in [1.807, 2.05) is 24.4 Å². The molecule has 26 heavy (non-hydrogen) atoms. The first-order chi connectivity index (χ1) is 12.4. The number of piperidine rings is 1. The van der Waals surface area contributed by atoms with E-state index in [1.165, 1.54) is 0 Å². The molecule has 0 radical (unpaired) electrons. The smallest absolute Gasteiger partial charge is 0.208 e. The van der Waals surface area contributed by atoms with Crippen LogP contribution in [0.15, 0.2) is 33.2 Å². The van der Waals surface area contributed by atoms with Gasteiger partial charge in [0, 0.05) is 16.4 Å². The van der Waals surface area contributed by atoms with E-state index in [9.17, 15) is 0 Å². The van der Waals surface area contributed by atoms with Gasteiger partial charge in [0.1, 0.15) is 11.3 Å². The molecule has 1 aliphatic heterocycles. The van der Waals surface area contributed by atoms with E-state index in [2.05, 4.69) is 35.6 Å². The third-order valence-electron chi connectivity index (χ3n) is 4.95. The lowest BCUT2D eigenvalue weighted by molar-refractivity contribution is 0.176. The van der Waals surface area contributed by atoms with Crippen LogP contribution in [0.4, 0.5) is 0 Å². The Morgan fingerprint density at radius 1 is 1.19 bits per heavy atom. The highest BCUT2D eigenvalue weighted by Gasteiger charge is 2.26. The second-order valence-corrected chi connectivity index (χ2v) is 8.52. The van der Waals surface area contributed by atoms with Gasteiger partial charge in [-0.2, -0.15) is 0 Å². The van der Waals surface area contributed by atoms with Gasteiger partial charge in [-0.15, -0.1) is 0 Å². The van der Waals surface area contributed by atoms with Gasteiger partial charge in [0.15, 0.2) is 11.5 Å². The number of benzene rings is 1. The van der Waals surface area contributed by atoms with E-state index in [4.69, 9.17) is 20.4 Å². The third kappa shape index (κ3) is 3.64. The lowest BCUT2D eigenvalue weighted by Crippen LogP contribution is -2.32. The number of halogens is 1. The van der Waals surface area contributed by atoms with E-state index in [0.29, 0.717) is 10.9 Å². The lowest BCUT2D eigenvalue weighted by Gasteiger charge is -2.29. The second-order valence-electron chi connectivity index (χ2n) is 8.08. The summed E-state index contributed by atoms with van der Waals surface area (Å²) in [6, 6.07) is 5.58. The Morgan fingerprint density at radius 2 is 1.96 bits per heavy atom. The van der Waals surface area contributed by atoms with Crippen LogP contribution in [-0.4, -0.2) is 28.0 Å². The predicted octanol–water partition coefficient (Wildman–Crippen LogP) is 5.15. The summed E-state index contributed by atoms with van der Waals surface area (Å²) in [6.45, 7) is 9.13. The average Bonchev–Trinajstić information content (AvgIpc) is 3.21. The van der Waals surface area contributed by atoms with Crippen molar-refractivity contribution in [1.82, 2.24) is 14.9 Å². The molecule has 138 valence electrons. The molecule has 6 heteroatoms. The number of fused-ring (bicyclic) bond motifs is 1. The molecule has 0 unspecified atom stereocenters. The van der Waals surface area contributed by atoms with Gasteiger partial charge in [-0.05, 0) is 44.1 Å². The van der Waals surface area contributed by atoms with E-state index < -0.39 is 0 Å². The first kappa shape index (κ1) is 17.6. The van der Waals surface area contributed by atoms with Crippen LogP contribution < -0.4 is 0 Å². The van der Waals surface area contributed by atoms with Crippen LogP contribution >= 0.6 is 11.6 Å². The van der Waals surface area contributed by atoms with Gasteiger partial charge in [-0.25, -0.2) is 9.97 Å². The monoisotopic (exact) mass is 373 g/mol. The van der Waals surface area contributed by atoms with Crippen LogP contribution in [0.1, 0.15) is 57.1 Å². The molecule has 1 aliphatic rings. The molecule has 0 N–H and O–H groups in total. The molecule has 1 fully saturated rings. The van der Waals surface area contributed by atoms with Gasteiger partial charge >= 0.3 is 0 Å². The first-order valence-corrected chi connectivity index (χ1v) is 9.50. The normalized spacial score (nSPS) is 17.2. The predicted molar refractivity (Wildman–Crippen MR) is 101 cm³/mol. The van der Waals surface area contributed by atoms with Gasteiger partial charge in [-0.1, -0.05) is 32.4 Å². The van der Waals surface area contributed by atoms with Crippen molar-refractivity contribution in [2.45, 2.75) is 51.5 Å². The molecule has 0 aliphatic carbocycles. The molecule has 0 amide bonds. The highest BCUT2D eigenvalue weighted by Crippen LogP contribution is 2.31. The third-order valence-corrected chi connectivity index (χ3v) is 5.19. The van der Waals surface area contributed by atoms with E-state index in [1.54, 1.807) is 0 Å². The van der Waals surface area contributed by atoms with Crippen LogP contribution in [0.2, 0.25) is 5.02 Å². The summed E-state index contributed by atoms with van der Waals surface area (Å²) >= 11 is 6.04. The molecule has 0 bridgehead atoms. The van der Waals surface area contributed by atoms with Gasteiger partial charge in [0.25, 0.3) is 0 Å². The topological polar surface area (TPSA) is 55.3 Å². The van der Waals surface area contributed by atoms with E-state index >= 15 is 0 Å². The number of hydrogen-bond donors (Lipinski definition) is 0. The van der Waals surface area contributed by atoms with Crippen LogP contribution in [0.25, 0.3) is 11.1 Å². The van der Waals surface area contributed by atoms with Gasteiger partial charge < -0.3 is 8.83 Å². The molecule has 0 saturated carbocycles. The fraction of sp³-hybridized carbons (Fsp3) is 0.500. The molecule has 5 nitrogen and oxygen atoms in total. The second kappa shape index (κ2) is 6.71. The molecular formula is C20H24ClN3O2. The number of likely N-dealkylation sites (tertiary alicyclic amines) is 1. The van der Waals surface area contributed by atoms with Crippen LogP contribution in [-0.2, 0) is 12.0 Å². The summed E-state index contributed by atoms with van der Waals surface area (Å²) < 4.78 is 11.9. The van der Waals surface area contributed by atoms with Crippen molar-refractivity contribution in [3.8, 4) is 0 Å². The van der Waals surface area contributed by atoms with Crippen molar-refractivity contribution in [2.75, 3.05) is 13.1 Å². The molecule has 0 atom stereocenters. The fourth-order valence-electron chi connectivity index (χ4n) is 3.35. The standard InChI is InChI=1S/C20H24ClN3O2/c1-20(2,3)17-11-22-18(26-17)12-24-8-6-13(7-9-24)19-23-15-10-14(21)4-5-16(15)25-19/h4-5,10-11,13H,6-9,12H2,1-3H3. The Balaban J connectivity index is 1.38. The minimum absolute atomic E-state index is 0.00585. The van der Waals surface area contributed by atoms with Crippen molar-refractivity contribution in [3.05, 3.63) is 47.0 Å². The van der Waals surface area contributed by atoms with Crippen molar-refractivity contribution < 1.29 is 8.83 Å². The number of aromatic nitrogens is 2. The zero-order chi connectivity index (χ0) is 18.3. The van der Waals surface area contributed by atoms with Crippen LogP contribution in [0.5, 0.6) is 0 Å². The summed E-state index contributed by atoms with van der Waals surface area (Å²) in [6.07, 6.45) is 3.90. The summed E-state index contributed by atoms with van der Waals surface area (Å²) in [5.41, 5.74) is 1.64. The maximum atomic E-state index is 6.04. The number of hydrogen-bond acceptors (Lipinski definition) is 5. The zero-order valence-corrected chi connectivity index (χ0v) is 16.2. The Labute approximate surface area is 158 Å². The molecule has 4 rings (SSSR count). The molecule has 2 aromatic heterocycles. The molecule has 1 saturated heterocycles. The molecule has 1 aromatic carbocycles. The SMILES string of the molecule is CC(C)(C)c1cnc(CN2CCC(c3nc4cc(Cl)ccc4o3)CC2)o1. The maximum Gasteiger partial charge on any atom is 0.208 e. The van der Waals surface area contributed by atoms with Crippen molar-refractivity contribution in [2.24, 2.45) is 0 Å². The minimum atomic E-state index is -0.00585. The largest absolute Gasteiger partial charge is 0.444 e. The molecule has 3 heterocycles.